The summed E-state index contributed by atoms with van der Waals surface area (Å²) in [6.45, 7) is 6.06. The van der Waals surface area contributed by atoms with Gasteiger partial charge < -0.3 is 4.84 Å². The van der Waals surface area contributed by atoms with E-state index in [-0.39, 0.29) is 12.2 Å². The van der Waals surface area contributed by atoms with Crippen LogP contribution in [0.5, 0.6) is 0 Å². The number of fused-ring (bicyclic) bond motifs is 1. The molecular formula is C25H21NO2. The van der Waals surface area contributed by atoms with Gasteiger partial charge in [-0.3, -0.25) is 4.79 Å². The minimum Gasteiger partial charge on any atom is -0.406 e. The maximum absolute atomic E-state index is 13.3. The van der Waals surface area contributed by atoms with Crippen LogP contribution < -0.4 is 10.4 Å². The molecule has 3 heteroatoms. The highest BCUT2D eigenvalue weighted by Gasteiger charge is 2.20. The second kappa shape index (κ2) is 7.57. The number of hydrogen-bond donors (Lipinski definition) is 0. The maximum atomic E-state index is 13.3. The first-order chi connectivity index (χ1) is 13.7. The Morgan fingerprint density at radius 1 is 0.821 bits per heavy atom. The van der Waals surface area contributed by atoms with Gasteiger partial charge in [-0.05, 0) is 29.5 Å². The zero-order valence-electron chi connectivity index (χ0n) is 15.8. The number of aromatic nitrogens is 1. The lowest BCUT2D eigenvalue weighted by molar-refractivity contribution is 0.126. The fourth-order valence-corrected chi connectivity index (χ4v) is 3.38. The van der Waals surface area contributed by atoms with Crippen molar-refractivity contribution < 1.29 is 4.84 Å². The van der Waals surface area contributed by atoms with E-state index in [1.807, 2.05) is 79.7 Å². The quantitative estimate of drug-likeness (QED) is 0.446. The molecule has 0 atom stereocenters. The van der Waals surface area contributed by atoms with E-state index in [2.05, 4.69) is 18.7 Å². The van der Waals surface area contributed by atoms with Gasteiger partial charge in [0.15, 0.2) is 0 Å². The van der Waals surface area contributed by atoms with Crippen LogP contribution in [0.4, 0.5) is 0 Å². The third kappa shape index (κ3) is 3.23. The molecular weight excluding hydrogens is 346 g/mol. The Morgan fingerprint density at radius 3 is 1.96 bits per heavy atom. The molecule has 0 radical (unpaired) electrons. The van der Waals surface area contributed by atoms with Crippen LogP contribution in [0.3, 0.4) is 0 Å². The molecule has 0 amide bonds. The molecule has 138 valence electrons. The predicted octanol–water partition coefficient (Wildman–Crippen LogP) is 5.34. The van der Waals surface area contributed by atoms with E-state index in [0.717, 1.165) is 33.3 Å². The molecule has 1 heterocycles. The lowest BCUT2D eigenvalue weighted by Crippen LogP contribution is -2.30. The topological polar surface area (TPSA) is 31.2 Å². The second-order valence-corrected chi connectivity index (χ2v) is 6.83. The van der Waals surface area contributed by atoms with E-state index in [0.29, 0.717) is 5.39 Å². The van der Waals surface area contributed by atoms with Gasteiger partial charge in [0.2, 0.25) is 0 Å². The molecule has 0 N–H and O–H groups in total. The number of pyridine rings is 1. The largest absolute Gasteiger partial charge is 0.406 e. The first kappa shape index (κ1) is 17.8. The van der Waals surface area contributed by atoms with Gasteiger partial charge in [0.25, 0.3) is 5.56 Å². The van der Waals surface area contributed by atoms with Gasteiger partial charge in [-0.15, -0.1) is 4.73 Å². The van der Waals surface area contributed by atoms with Crippen LogP contribution in [0, 0.1) is 0 Å². The van der Waals surface area contributed by atoms with Gasteiger partial charge >= 0.3 is 0 Å². The molecule has 3 nitrogen and oxygen atoms in total. The molecule has 0 saturated heterocycles. The van der Waals surface area contributed by atoms with Crippen molar-refractivity contribution in [2.75, 3.05) is 6.61 Å². The Balaban J connectivity index is 2.16. The number of nitrogens with zero attached hydrogens (tertiary/aromatic N) is 1. The molecule has 0 unspecified atom stereocenters. The van der Waals surface area contributed by atoms with E-state index in [4.69, 9.17) is 4.84 Å². The molecule has 0 aliphatic heterocycles. The first-order valence-corrected chi connectivity index (χ1v) is 9.23. The van der Waals surface area contributed by atoms with Crippen molar-refractivity contribution in [1.82, 2.24) is 4.73 Å². The number of rotatable bonds is 5. The maximum Gasteiger partial charge on any atom is 0.291 e. The lowest BCUT2D eigenvalue weighted by Gasteiger charge is -2.20. The Bertz CT molecular complexity index is 1190. The minimum atomic E-state index is -0.171. The Kier molecular flexibility index (Phi) is 4.81. The first-order valence-electron chi connectivity index (χ1n) is 9.23. The Hall–Kier alpha value is -3.59. The molecule has 0 bridgehead atoms. The van der Waals surface area contributed by atoms with Crippen molar-refractivity contribution in [1.29, 1.82) is 0 Å². The van der Waals surface area contributed by atoms with Crippen LogP contribution in [0.25, 0.3) is 33.2 Å². The molecule has 4 rings (SSSR count). The summed E-state index contributed by atoms with van der Waals surface area (Å²) in [6, 6.07) is 27.7. The summed E-state index contributed by atoms with van der Waals surface area (Å²) >= 11 is 0. The molecule has 1 aromatic heterocycles. The highest BCUT2D eigenvalue weighted by Crippen LogP contribution is 2.36. The Morgan fingerprint density at radius 2 is 1.36 bits per heavy atom. The number of benzene rings is 3. The second-order valence-electron chi connectivity index (χ2n) is 6.83. The molecule has 3 aromatic carbocycles. The van der Waals surface area contributed by atoms with Crippen LogP contribution in [-0.2, 0) is 0 Å². The van der Waals surface area contributed by atoms with Crippen molar-refractivity contribution in [2.45, 2.75) is 6.92 Å². The zero-order chi connectivity index (χ0) is 19.5. The summed E-state index contributed by atoms with van der Waals surface area (Å²) in [6.07, 6.45) is 0. The smallest absolute Gasteiger partial charge is 0.291 e. The minimum absolute atomic E-state index is 0.171. The van der Waals surface area contributed by atoms with Gasteiger partial charge in [0, 0.05) is 11.1 Å². The van der Waals surface area contributed by atoms with Crippen LogP contribution >= 0.6 is 0 Å². The summed E-state index contributed by atoms with van der Waals surface area (Å²) in [5, 5.41) is 1.54. The predicted molar refractivity (Wildman–Crippen MR) is 115 cm³/mol. The van der Waals surface area contributed by atoms with Crippen LogP contribution in [0.2, 0.25) is 0 Å². The average Bonchev–Trinajstić information content (AvgIpc) is 2.74. The van der Waals surface area contributed by atoms with Crippen molar-refractivity contribution in [3.63, 3.8) is 0 Å². The van der Waals surface area contributed by atoms with Crippen molar-refractivity contribution in [2.24, 2.45) is 0 Å². The normalized spacial score (nSPS) is 10.8. The Labute approximate surface area is 164 Å². The van der Waals surface area contributed by atoms with Crippen molar-refractivity contribution in [3.05, 3.63) is 107 Å². The van der Waals surface area contributed by atoms with Crippen molar-refractivity contribution >= 4 is 10.8 Å². The molecule has 28 heavy (non-hydrogen) atoms. The van der Waals surface area contributed by atoms with E-state index in [1.165, 1.54) is 4.73 Å². The average molecular weight is 367 g/mol. The van der Waals surface area contributed by atoms with E-state index < -0.39 is 0 Å². The highest BCUT2D eigenvalue weighted by molar-refractivity contribution is 6.02. The third-order valence-electron chi connectivity index (χ3n) is 4.60. The van der Waals surface area contributed by atoms with Gasteiger partial charge in [-0.2, -0.15) is 0 Å². The molecule has 0 fully saturated rings. The molecule has 0 aliphatic carbocycles. The standard InChI is InChI=1S/C25H21NO2/c1-18(2)17-28-26-24(20-13-7-4-8-14-20)23(19-11-5-3-6-12-19)21-15-9-10-16-22(21)25(26)27/h3-16H,1,17H2,2H3. The summed E-state index contributed by atoms with van der Waals surface area (Å²) in [5.74, 6) is 0. The monoisotopic (exact) mass is 367 g/mol. The van der Waals surface area contributed by atoms with Gasteiger partial charge in [-0.25, -0.2) is 0 Å². The highest BCUT2D eigenvalue weighted by atomic mass is 16.7. The summed E-state index contributed by atoms with van der Waals surface area (Å²) in [4.78, 5) is 19.3. The number of hydrogen-bond acceptors (Lipinski definition) is 2. The molecule has 0 spiro atoms. The third-order valence-corrected chi connectivity index (χ3v) is 4.60. The van der Waals surface area contributed by atoms with Crippen LogP contribution in [-0.4, -0.2) is 11.3 Å². The van der Waals surface area contributed by atoms with Gasteiger partial charge in [-0.1, -0.05) is 85.4 Å². The summed E-state index contributed by atoms with van der Waals surface area (Å²) in [5.41, 5.74) is 4.35. The van der Waals surface area contributed by atoms with E-state index >= 15 is 0 Å². The van der Waals surface area contributed by atoms with E-state index in [9.17, 15) is 4.79 Å². The lowest BCUT2D eigenvalue weighted by atomic mass is 9.94. The SMILES string of the molecule is C=C(C)COn1c(-c2ccccc2)c(-c2ccccc2)c2ccccc2c1=O. The van der Waals surface area contributed by atoms with Crippen LogP contribution in [0.15, 0.2) is 102 Å². The zero-order valence-corrected chi connectivity index (χ0v) is 15.8. The summed E-state index contributed by atoms with van der Waals surface area (Å²) < 4.78 is 1.43. The fraction of sp³-hybridized carbons (Fsp3) is 0.0800. The van der Waals surface area contributed by atoms with Crippen LogP contribution in [0.1, 0.15) is 6.92 Å². The van der Waals surface area contributed by atoms with E-state index in [1.54, 1.807) is 0 Å². The van der Waals surface area contributed by atoms with Gasteiger partial charge in [0.1, 0.15) is 6.61 Å². The van der Waals surface area contributed by atoms with Gasteiger partial charge in [0.05, 0.1) is 11.1 Å². The molecule has 4 aromatic rings. The molecule has 0 aliphatic rings. The van der Waals surface area contributed by atoms with Crippen molar-refractivity contribution in [3.8, 4) is 22.4 Å². The molecule has 0 saturated carbocycles. The summed E-state index contributed by atoms with van der Waals surface area (Å²) in [7, 11) is 0. The fourth-order valence-electron chi connectivity index (χ4n) is 3.38.